The molecule has 27 heavy (non-hydrogen) atoms. The molecule has 0 aliphatic carbocycles. The van der Waals surface area contributed by atoms with Crippen LogP contribution in [0.4, 0.5) is 11.4 Å². The van der Waals surface area contributed by atoms with Crippen molar-refractivity contribution < 1.29 is 9.53 Å². The van der Waals surface area contributed by atoms with E-state index in [-0.39, 0.29) is 12.5 Å². The molecule has 2 aromatic rings. The standard InChI is InChI=1S/C21H28N4O2/c1-4-25(5-2)19-11-7-17(8-12-19)15-23-24-21(26)16-22-18-9-13-20(14-10-18)27-6-3/h7-15,22H,4-6,16H2,1-3H3,(H,24,26)/b23-15-. The van der Waals surface area contributed by atoms with Crippen molar-refractivity contribution in [2.45, 2.75) is 20.8 Å². The molecule has 1 amide bonds. The third-order valence-electron chi connectivity index (χ3n) is 4.04. The van der Waals surface area contributed by atoms with E-state index in [9.17, 15) is 4.79 Å². The van der Waals surface area contributed by atoms with E-state index in [1.54, 1.807) is 6.21 Å². The van der Waals surface area contributed by atoms with Crippen LogP contribution >= 0.6 is 0 Å². The van der Waals surface area contributed by atoms with Crippen molar-refractivity contribution in [1.82, 2.24) is 5.43 Å². The first-order valence-electron chi connectivity index (χ1n) is 9.29. The molecule has 0 atom stereocenters. The average Bonchev–Trinajstić information content (AvgIpc) is 2.70. The van der Waals surface area contributed by atoms with Crippen LogP contribution in [0.15, 0.2) is 53.6 Å². The van der Waals surface area contributed by atoms with Crippen LogP contribution < -0.4 is 20.4 Å². The van der Waals surface area contributed by atoms with E-state index in [2.05, 4.69) is 46.7 Å². The number of hydrogen-bond acceptors (Lipinski definition) is 5. The van der Waals surface area contributed by atoms with Gasteiger partial charge in [-0.05, 0) is 62.7 Å². The highest BCUT2D eigenvalue weighted by Crippen LogP contribution is 2.15. The van der Waals surface area contributed by atoms with Gasteiger partial charge in [-0.3, -0.25) is 4.79 Å². The summed E-state index contributed by atoms with van der Waals surface area (Å²) in [5, 5.41) is 7.06. The summed E-state index contributed by atoms with van der Waals surface area (Å²) in [5.41, 5.74) is 5.49. The van der Waals surface area contributed by atoms with Crippen molar-refractivity contribution in [1.29, 1.82) is 0 Å². The normalized spacial score (nSPS) is 10.6. The minimum absolute atomic E-state index is 0.145. The molecule has 0 aliphatic rings. The van der Waals surface area contributed by atoms with Crippen LogP contribution in [0, 0.1) is 0 Å². The summed E-state index contributed by atoms with van der Waals surface area (Å²) in [7, 11) is 0. The van der Waals surface area contributed by atoms with E-state index >= 15 is 0 Å². The molecule has 0 saturated carbocycles. The van der Waals surface area contributed by atoms with E-state index < -0.39 is 0 Å². The Kier molecular flexibility index (Phi) is 8.16. The first-order valence-corrected chi connectivity index (χ1v) is 9.29. The number of carbonyl (C=O) groups is 1. The zero-order valence-electron chi connectivity index (χ0n) is 16.2. The Bertz CT molecular complexity index is 723. The molecule has 0 aromatic heterocycles. The summed E-state index contributed by atoms with van der Waals surface area (Å²) in [4.78, 5) is 14.2. The minimum Gasteiger partial charge on any atom is -0.494 e. The van der Waals surface area contributed by atoms with Crippen molar-refractivity contribution in [3.63, 3.8) is 0 Å². The molecule has 2 aromatic carbocycles. The van der Waals surface area contributed by atoms with Crippen LogP contribution in [0.5, 0.6) is 5.75 Å². The largest absolute Gasteiger partial charge is 0.494 e. The molecule has 0 heterocycles. The number of benzene rings is 2. The molecule has 0 spiro atoms. The van der Waals surface area contributed by atoms with Gasteiger partial charge in [0.2, 0.25) is 0 Å². The van der Waals surface area contributed by atoms with E-state index in [4.69, 9.17) is 4.74 Å². The van der Waals surface area contributed by atoms with Gasteiger partial charge in [0.1, 0.15) is 5.75 Å². The number of nitrogens with one attached hydrogen (secondary N) is 2. The van der Waals surface area contributed by atoms with Gasteiger partial charge in [-0.15, -0.1) is 0 Å². The van der Waals surface area contributed by atoms with Gasteiger partial charge in [-0.25, -0.2) is 5.43 Å². The van der Waals surface area contributed by atoms with Crippen molar-refractivity contribution in [2.24, 2.45) is 5.10 Å². The number of ether oxygens (including phenoxy) is 1. The predicted molar refractivity (Wildman–Crippen MR) is 112 cm³/mol. The number of hydrogen-bond donors (Lipinski definition) is 2. The zero-order valence-corrected chi connectivity index (χ0v) is 16.2. The Labute approximate surface area is 161 Å². The molecule has 6 nitrogen and oxygen atoms in total. The molecule has 6 heteroatoms. The zero-order chi connectivity index (χ0) is 19.5. The predicted octanol–water partition coefficient (Wildman–Crippen LogP) is 3.49. The van der Waals surface area contributed by atoms with Gasteiger partial charge in [0.15, 0.2) is 0 Å². The summed E-state index contributed by atoms with van der Waals surface area (Å²) in [6.45, 7) is 8.93. The molecule has 0 radical (unpaired) electrons. The summed E-state index contributed by atoms with van der Waals surface area (Å²) >= 11 is 0. The summed E-state index contributed by atoms with van der Waals surface area (Å²) in [6.07, 6.45) is 1.64. The van der Waals surface area contributed by atoms with Crippen molar-refractivity contribution >= 4 is 23.5 Å². The Morgan fingerprint density at radius 1 is 1.04 bits per heavy atom. The number of hydrazone groups is 1. The number of nitrogens with zero attached hydrogens (tertiary/aromatic N) is 2. The van der Waals surface area contributed by atoms with E-state index in [0.29, 0.717) is 6.61 Å². The third kappa shape index (κ3) is 6.66. The van der Waals surface area contributed by atoms with Gasteiger partial charge in [0.25, 0.3) is 5.91 Å². The van der Waals surface area contributed by atoms with Gasteiger partial charge >= 0.3 is 0 Å². The highest BCUT2D eigenvalue weighted by Gasteiger charge is 2.02. The SMILES string of the molecule is CCOc1ccc(NCC(=O)N/N=C\c2ccc(N(CC)CC)cc2)cc1. The fourth-order valence-electron chi connectivity index (χ4n) is 2.60. The fraction of sp³-hybridized carbons (Fsp3) is 0.333. The summed E-state index contributed by atoms with van der Waals surface area (Å²) in [5.74, 6) is 0.601. The highest BCUT2D eigenvalue weighted by atomic mass is 16.5. The molecule has 2 N–H and O–H groups in total. The van der Waals surface area contributed by atoms with Crippen LogP contribution in [0.2, 0.25) is 0 Å². The van der Waals surface area contributed by atoms with Crippen molar-refractivity contribution in [3.05, 3.63) is 54.1 Å². The van der Waals surface area contributed by atoms with Gasteiger partial charge in [-0.1, -0.05) is 12.1 Å². The number of anilines is 2. The first-order chi connectivity index (χ1) is 13.2. The Morgan fingerprint density at radius 2 is 1.70 bits per heavy atom. The third-order valence-corrected chi connectivity index (χ3v) is 4.04. The summed E-state index contributed by atoms with van der Waals surface area (Å²) < 4.78 is 5.39. The second-order valence-electron chi connectivity index (χ2n) is 5.87. The van der Waals surface area contributed by atoms with Gasteiger partial charge < -0.3 is 15.0 Å². The Balaban J connectivity index is 1.77. The quantitative estimate of drug-likeness (QED) is 0.498. The molecular weight excluding hydrogens is 340 g/mol. The maximum Gasteiger partial charge on any atom is 0.259 e. The summed E-state index contributed by atoms with van der Waals surface area (Å²) in [6, 6.07) is 15.6. The van der Waals surface area contributed by atoms with Gasteiger partial charge in [0, 0.05) is 24.5 Å². The lowest BCUT2D eigenvalue weighted by Gasteiger charge is -2.20. The molecular formula is C21H28N4O2. The molecule has 2 rings (SSSR count). The van der Waals surface area contributed by atoms with Crippen LogP contribution in [0.1, 0.15) is 26.3 Å². The van der Waals surface area contributed by atoms with E-state index in [1.807, 2.05) is 43.3 Å². The Morgan fingerprint density at radius 3 is 2.30 bits per heavy atom. The lowest BCUT2D eigenvalue weighted by atomic mass is 10.2. The van der Waals surface area contributed by atoms with E-state index in [1.165, 1.54) is 5.69 Å². The van der Waals surface area contributed by atoms with Gasteiger partial charge in [-0.2, -0.15) is 5.10 Å². The first kappa shape index (κ1) is 20.3. The van der Waals surface area contributed by atoms with Crippen LogP contribution in [0.3, 0.4) is 0 Å². The Hall–Kier alpha value is -3.02. The molecule has 0 aliphatic heterocycles. The average molecular weight is 368 g/mol. The monoisotopic (exact) mass is 368 g/mol. The van der Waals surface area contributed by atoms with Crippen LogP contribution in [-0.2, 0) is 4.79 Å². The second-order valence-corrected chi connectivity index (χ2v) is 5.87. The highest BCUT2D eigenvalue weighted by molar-refractivity contribution is 5.84. The maximum absolute atomic E-state index is 11.9. The molecule has 144 valence electrons. The minimum atomic E-state index is -0.208. The fourth-order valence-corrected chi connectivity index (χ4v) is 2.60. The molecule has 0 fully saturated rings. The number of rotatable bonds is 10. The topological polar surface area (TPSA) is 66.0 Å². The molecule has 0 bridgehead atoms. The number of amides is 1. The van der Waals surface area contributed by atoms with Gasteiger partial charge in [0.05, 0.1) is 19.4 Å². The van der Waals surface area contributed by atoms with Crippen molar-refractivity contribution in [3.8, 4) is 5.75 Å². The molecule has 0 saturated heterocycles. The second kappa shape index (κ2) is 10.9. The van der Waals surface area contributed by atoms with E-state index in [0.717, 1.165) is 30.1 Å². The maximum atomic E-state index is 11.9. The van der Waals surface area contributed by atoms with Crippen LogP contribution in [-0.4, -0.2) is 38.4 Å². The lowest BCUT2D eigenvalue weighted by Crippen LogP contribution is -2.25. The lowest BCUT2D eigenvalue weighted by molar-refractivity contribution is -0.119. The molecule has 0 unspecified atom stereocenters. The smallest absolute Gasteiger partial charge is 0.259 e. The van der Waals surface area contributed by atoms with Crippen molar-refractivity contribution in [2.75, 3.05) is 36.5 Å². The number of carbonyl (C=O) groups excluding carboxylic acids is 1. The van der Waals surface area contributed by atoms with Crippen LogP contribution in [0.25, 0.3) is 0 Å².